The van der Waals surface area contributed by atoms with Crippen LogP contribution in [0.2, 0.25) is 0 Å². The van der Waals surface area contributed by atoms with Gasteiger partial charge in [-0.05, 0) is 44.5 Å². The van der Waals surface area contributed by atoms with Gasteiger partial charge in [0.05, 0.1) is 7.11 Å². The Morgan fingerprint density at radius 1 is 0.455 bits per heavy atom. The molecule has 0 atom stereocenters. The maximum absolute atomic E-state index is 11.1. The minimum absolute atomic E-state index is 0.200. The first-order chi connectivity index (χ1) is 16.0. The molecule has 33 heavy (non-hydrogen) atoms. The number of fused-ring (bicyclic) bond motifs is 8. The van der Waals surface area contributed by atoms with Crippen LogP contribution < -0.4 is 4.74 Å². The number of hydrogen-bond acceptors (Lipinski definition) is 4. The predicted molar refractivity (Wildman–Crippen MR) is 129 cm³/mol. The third kappa shape index (κ3) is 3.89. The summed E-state index contributed by atoms with van der Waals surface area (Å²) in [7, 11) is 1.66. The first-order valence-corrected chi connectivity index (χ1v) is 11.1. The van der Waals surface area contributed by atoms with Crippen LogP contribution in [-0.2, 0) is 25.7 Å². The van der Waals surface area contributed by atoms with Gasteiger partial charge in [-0.15, -0.1) is 0 Å². The van der Waals surface area contributed by atoms with Crippen LogP contribution in [0.5, 0.6) is 23.0 Å². The summed E-state index contributed by atoms with van der Waals surface area (Å²) < 4.78 is 5.80. The zero-order valence-corrected chi connectivity index (χ0v) is 18.5. The van der Waals surface area contributed by atoms with Crippen molar-refractivity contribution in [1.82, 2.24) is 0 Å². The van der Waals surface area contributed by atoms with Crippen molar-refractivity contribution in [2.24, 2.45) is 0 Å². The van der Waals surface area contributed by atoms with Crippen LogP contribution in [0.1, 0.15) is 44.5 Å². The van der Waals surface area contributed by atoms with Gasteiger partial charge in [0.1, 0.15) is 23.0 Å². The Labute approximate surface area is 193 Å². The van der Waals surface area contributed by atoms with Crippen molar-refractivity contribution in [3.63, 3.8) is 0 Å². The van der Waals surface area contributed by atoms with Crippen molar-refractivity contribution in [2.45, 2.75) is 25.7 Å². The van der Waals surface area contributed by atoms with Gasteiger partial charge >= 0.3 is 0 Å². The molecule has 0 fully saturated rings. The largest absolute Gasteiger partial charge is 0.507 e. The summed E-state index contributed by atoms with van der Waals surface area (Å²) in [4.78, 5) is 0. The van der Waals surface area contributed by atoms with Crippen LogP contribution in [0.25, 0.3) is 0 Å². The molecule has 0 unspecified atom stereocenters. The van der Waals surface area contributed by atoms with Crippen molar-refractivity contribution >= 4 is 0 Å². The van der Waals surface area contributed by atoms with Gasteiger partial charge in [-0.2, -0.15) is 0 Å². The Morgan fingerprint density at radius 2 is 0.697 bits per heavy atom. The van der Waals surface area contributed by atoms with Gasteiger partial charge in [-0.25, -0.2) is 0 Å². The van der Waals surface area contributed by atoms with Crippen molar-refractivity contribution in [3.05, 3.63) is 117 Å². The van der Waals surface area contributed by atoms with Crippen LogP contribution in [0.15, 0.2) is 72.8 Å². The van der Waals surface area contributed by atoms with Gasteiger partial charge in [0.25, 0.3) is 0 Å². The molecule has 0 spiro atoms. The number of aromatic hydroxyl groups is 3. The molecule has 0 amide bonds. The summed E-state index contributed by atoms with van der Waals surface area (Å²) >= 11 is 0. The Bertz CT molecular complexity index is 1250. The second-order valence-electron chi connectivity index (χ2n) is 8.59. The summed E-state index contributed by atoms with van der Waals surface area (Å²) in [6.07, 6.45) is 1.83. The molecule has 166 valence electrons. The Morgan fingerprint density at radius 3 is 0.970 bits per heavy atom. The standard InChI is InChI=1S/C29H26O4/c1-33-29-24-12-5-13-25(29)17-23-11-4-9-21(28(23)32)15-19-7-2-6-18(26(19)30)14-20-8-3-10-22(16-24)27(20)31/h2-13,30-32H,14-17H2,1H3. The van der Waals surface area contributed by atoms with E-state index in [2.05, 4.69) is 0 Å². The molecule has 1 aliphatic rings. The molecule has 5 rings (SSSR count). The smallest absolute Gasteiger partial charge is 0.125 e. The van der Waals surface area contributed by atoms with E-state index < -0.39 is 0 Å². The van der Waals surface area contributed by atoms with E-state index in [1.54, 1.807) is 7.11 Å². The molecule has 4 heteroatoms. The van der Waals surface area contributed by atoms with Crippen molar-refractivity contribution in [1.29, 1.82) is 0 Å². The first-order valence-electron chi connectivity index (χ1n) is 11.1. The summed E-state index contributed by atoms with van der Waals surface area (Å²) in [6.45, 7) is 0. The third-order valence-electron chi connectivity index (χ3n) is 6.52. The Balaban J connectivity index is 1.72. The fourth-order valence-corrected chi connectivity index (χ4v) is 4.79. The molecule has 0 heterocycles. The normalized spacial score (nSPS) is 12.9. The van der Waals surface area contributed by atoms with Gasteiger partial charge in [0, 0.05) is 25.7 Å². The molecule has 0 aromatic heterocycles. The second-order valence-corrected chi connectivity index (χ2v) is 8.59. The fourth-order valence-electron chi connectivity index (χ4n) is 4.79. The van der Waals surface area contributed by atoms with Crippen molar-refractivity contribution < 1.29 is 20.1 Å². The number of methoxy groups -OCH3 is 1. The summed E-state index contributed by atoms with van der Waals surface area (Å²) in [6, 6.07) is 23.1. The molecule has 0 saturated heterocycles. The minimum atomic E-state index is 0.200. The van der Waals surface area contributed by atoms with E-state index >= 15 is 0 Å². The maximum atomic E-state index is 11.1. The lowest BCUT2D eigenvalue weighted by Gasteiger charge is -2.18. The highest BCUT2D eigenvalue weighted by atomic mass is 16.5. The number of hydrogen-bond donors (Lipinski definition) is 3. The van der Waals surface area contributed by atoms with E-state index in [9.17, 15) is 15.3 Å². The molecule has 4 aromatic carbocycles. The first kappa shape index (κ1) is 21.0. The van der Waals surface area contributed by atoms with E-state index in [4.69, 9.17) is 4.74 Å². The summed E-state index contributed by atoms with van der Waals surface area (Å²) in [5, 5.41) is 33.1. The zero-order chi connectivity index (χ0) is 22.9. The Hall–Kier alpha value is -3.92. The number of phenols is 3. The lowest BCUT2D eigenvalue weighted by molar-refractivity contribution is 0.405. The van der Waals surface area contributed by atoms with Gasteiger partial charge in [0.2, 0.25) is 0 Å². The van der Waals surface area contributed by atoms with Gasteiger partial charge in [-0.3, -0.25) is 0 Å². The lowest BCUT2D eigenvalue weighted by Crippen LogP contribution is -2.02. The number of benzene rings is 4. The van der Waals surface area contributed by atoms with Crippen molar-refractivity contribution in [2.75, 3.05) is 7.11 Å². The average molecular weight is 439 g/mol. The summed E-state index contributed by atoms with van der Waals surface area (Å²) in [5.74, 6) is 1.45. The van der Waals surface area contributed by atoms with Crippen LogP contribution in [0, 0.1) is 0 Å². The zero-order valence-electron chi connectivity index (χ0n) is 18.5. The Kier molecular flexibility index (Phi) is 5.43. The van der Waals surface area contributed by atoms with E-state index in [1.165, 1.54) is 0 Å². The van der Waals surface area contributed by atoms with Gasteiger partial charge in [0.15, 0.2) is 0 Å². The van der Waals surface area contributed by atoms with E-state index in [0.717, 1.165) is 50.3 Å². The fraction of sp³-hybridized carbons (Fsp3) is 0.172. The lowest BCUT2D eigenvalue weighted by atomic mass is 9.91. The van der Waals surface area contributed by atoms with E-state index in [-0.39, 0.29) is 17.2 Å². The molecule has 0 aliphatic heterocycles. The van der Waals surface area contributed by atoms with Gasteiger partial charge < -0.3 is 20.1 Å². The van der Waals surface area contributed by atoms with Crippen LogP contribution >= 0.6 is 0 Å². The molecule has 0 saturated carbocycles. The molecule has 3 N–H and O–H groups in total. The number of rotatable bonds is 1. The molecular weight excluding hydrogens is 412 g/mol. The molecule has 4 aromatic rings. The quantitative estimate of drug-likeness (QED) is 0.324. The van der Waals surface area contributed by atoms with Crippen LogP contribution in [0.4, 0.5) is 0 Å². The van der Waals surface area contributed by atoms with Crippen LogP contribution in [-0.4, -0.2) is 22.4 Å². The van der Waals surface area contributed by atoms with Crippen molar-refractivity contribution in [3.8, 4) is 23.0 Å². The van der Waals surface area contributed by atoms with Gasteiger partial charge in [-0.1, -0.05) is 72.8 Å². The highest BCUT2D eigenvalue weighted by Gasteiger charge is 2.18. The average Bonchev–Trinajstić information content (AvgIpc) is 2.81. The topological polar surface area (TPSA) is 69.9 Å². The number of ether oxygens (including phenoxy) is 1. The number of phenolic OH excluding ortho intramolecular Hbond substituents is 3. The molecular formula is C29H26O4. The highest BCUT2D eigenvalue weighted by molar-refractivity contribution is 5.54. The second kappa shape index (κ2) is 8.55. The summed E-state index contributed by atoms with van der Waals surface area (Å²) in [5.41, 5.74) is 6.53. The molecule has 8 bridgehead atoms. The predicted octanol–water partition coefficient (Wildman–Crippen LogP) is 5.49. The monoisotopic (exact) mass is 438 g/mol. The SMILES string of the molecule is COc1c2cccc1Cc1cccc(c1O)Cc1cccc(c1O)Cc1cccc(c1O)C2. The highest BCUT2D eigenvalue weighted by Crippen LogP contribution is 2.37. The maximum Gasteiger partial charge on any atom is 0.125 e. The molecule has 0 radical (unpaired) electrons. The van der Waals surface area contributed by atoms with E-state index in [0.29, 0.717) is 25.7 Å². The molecule has 4 nitrogen and oxygen atoms in total. The van der Waals surface area contributed by atoms with Crippen LogP contribution in [0.3, 0.4) is 0 Å². The minimum Gasteiger partial charge on any atom is -0.507 e. The molecule has 1 aliphatic carbocycles. The van der Waals surface area contributed by atoms with E-state index in [1.807, 2.05) is 72.8 Å². The third-order valence-corrected chi connectivity index (χ3v) is 6.52. The number of para-hydroxylation sites is 4.